The molecule has 0 aliphatic carbocycles. The van der Waals surface area contributed by atoms with Gasteiger partial charge in [0.15, 0.2) is 0 Å². The maximum atomic E-state index is 13.0. The zero-order valence-electron chi connectivity index (χ0n) is 7.08. The predicted octanol–water partition coefficient (Wildman–Crippen LogP) is 2.44. The number of benzene rings is 1. The highest BCUT2D eigenvalue weighted by Gasteiger charge is 2.09. The minimum Gasteiger partial charge on any atom is -0.507 e. The molecule has 0 amide bonds. The van der Waals surface area contributed by atoms with Gasteiger partial charge in [-0.15, -0.1) is 0 Å². The molecular weight excluding hydrogens is 169 g/mol. The van der Waals surface area contributed by atoms with Crippen molar-refractivity contribution in [2.24, 2.45) is 0 Å². The highest BCUT2D eigenvalue weighted by Crippen LogP contribution is 2.24. The first-order valence-electron chi connectivity index (χ1n) is 3.75. The molecule has 1 rings (SSSR count). The number of phenols is 1. The van der Waals surface area contributed by atoms with Crippen molar-refractivity contribution in [1.29, 1.82) is 5.26 Å². The lowest BCUT2D eigenvalue weighted by Crippen LogP contribution is -1.88. The molecule has 1 aromatic carbocycles. The molecule has 3 heteroatoms. The second-order valence-corrected chi connectivity index (χ2v) is 2.47. The summed E-state index contributed by atoms with van der Waals surface area (Å²) in [4.78, 5) is 0. The van der Waals surface area contributed by atoms with Gasteiger partial charge in [0.25, 0.3) is 0 Å². The number of nitriles is 1. The van der Waals surface area contributed by atoms with E-state index >= 15 is 0 Å². The summed E-state index contributed by atoms with van der Waals surface area (Å²) in [5, 5.41) is 17.9. The molecule has 1 aromatic rings. The topological polar surface area (TPSA) is 44.0 Å². The number of nitrogens with zero attached hydrogens (tertiary/aromatic N) is 1. The van der Waals surface area contributed by atoms with E-state index in [9.17, 15) is 9.50 Å². The lowest BCUT2D eigenvalue weighted by atomic mass is 10.1. The monoisotopic (exact) mass is 177 g/mol. The Morgan fingerprint density at radius 2 is 2.23 bits per heavy atom. The van der Waals surface area contributed by atoms with E-state index in [0.29, 0.717) is 0 Å². The van der Waals surface area contributed by atoms with Crippen molar-refractivity contribution in [2.45, 2.75) is 6.92 Å². The molecule has 0 fully saturated rings. The van der Waals surface area contributed by atoms with Crippen LogP contribution in [0.5, 0.6) is 5.75 Å². The van der Waals surface area contributed by atoms with Crippen LogP contribution in [-0.2, 0) is 0 Å². The third-order valence-corrected chi connectivity index (χ3v) is 1.62. The van der Waals surface area contributed by atoms with E-state index in [1.54, 1.807) is 19.1 Å². The van der Waals surface area contributed by atoms with Crippen LogP contribution >= 0.6 is 0 Å². The highest BCUT2D eigenvalue weighted by atomic mass is 19.1. The van der Waals surface area contributed by atoms with Gasteiger partial charge in [-0.05, 0) is 19.1 Å². The average Bonchev–Trinajstić information content (AvgIpc) is 2.12. The van der Waals surface area contributed by atoms with Crippen molar-refractivity contribution >= 4 is 6.08 Å². The van der Waals surface area contributed by atoms with E-state index < -0.39 is 5.82 Å². The van der Waals surface area contributed by atoms with Gasteiger partial charge in [0.05, 0.1) is 5.56 Å². The lowest BCUT2D eigenvalue weighted by molar-refractivity contribution is 0.471. The molecule has 0 heterocycles. The Kier molecular flexibility index (Phi) is 2.65. The Morgan fingerprint density at radius 1 is 1.54 bits per heavy atom. The van der Waals surface area contributed by atoms with Crippen molar-refractivity contribution < 1.29 is 9.50 Å². The number of hydrogen-bond donors (Lipinski definition) is 1. The lowest BCUT2D eigenvalue weighted by Gasteiger charge is -2.01. The number of phenolic OH excluding ortho intramolecular Hbond substituents is 1. The Bertz CT molecular complexity index is 391. The summed E-state index contributed by atoms with van der Waals surface area (Å²) in [6, 6.07) is 4.00. The van der Waals surface area contributed by atoms with E-state index in [1.807, 2.05) is 0 Å². The van der Waals surface area contributed by atoms with Crippen LogP contribution in [0.2, 0.25) is 0 Å². The molecule has 0 aliphatic heterocycles. The molecule has 0 aromatic heterocycles. The molecule has 0 radical (unpaired) electrons. The van der Waals surface area contributed by atoms with Gasteiger partial charge in [-0.1, -0.05) is 12.2 Å². The van der Waals surface area contributed by atoms with Crippen LogP contribution in [0.1, 0.15) is 18.1 Å². The van der Waals surface area contributed by atoms with Gasteiger partial charge in [-0.2, -0.15) is 5.26 Å². The first-order valence-corrected chi connectivity index (χ1v) is 3.75. The molecule has 0 saturated heterocycles. The summed E-state index contributed by atoms with van der Waals surface area (Å²) in [5.41, 5.74) is 0.100. The summed E-state index contributed by atoms with van der Waals surface area (Å²) >= 11 is 0. The first-order chi connectivity index (χ1) is 6.20. The van der Waals surface area contributed by atoms with Crippen molar-refractivity contribution in [2.75, 3.05) is 0 Å². The number of hydrogen-bond acceptors (Lipinski definition) is 2. The molecule has 0 atom stereocenters. The minimum absolute atomic E-state index is 0.0870. The summed E-state index contributed by atoms with van der Waals surface area (Å²) in [5.74, 6) is -0.704. The van der Waals surface area contributed by atoms with Crippen molar-refractivity contribution in [3.05, 3.63) is 35.2 Å². The van der Waals surface area contributed by atoms with Crippen LogP contribution in [0.15, 0.2) is 18.2 Å². The molecule has 1 N–H and O–H groups in total. The van der Waals surface area contributed by atoms with Crippen LogP contribution in [0, 0.1) is 17.1 Å². The SMILES string of the molecule is C/C=C\c1c(O)ccc(F)c1C#N. The number of halogens is 1. The molecule has 0 aliphatic rings. The van der Waals surface area contributed by atoms with Gasteiger partial charge in [-0.3, -0.25) is 0 Å². The van der Waals surface area contributed by atoms with Crippen LogP contribution in [-0.4, -0.2) is 5.11 Å². The fourth-order valence-corrected chi connectivity index (χ4v) is 1.03. The third kappa shape index (κ3) is 1.67. The van der Waals surface area contributed by atoms with Crippen molar-refractivity contribution in [1.82, 2.24) is 0 Å². The fourth-order valence-electron chi connectivity index (χ4n) is 1.03. The molecule has 0 bridgehead atoms. The van der Waals surface area contributed by atoms with Crippen LogP contribution in [0.4, 0.5) is 4.39 Å². The zero-order chi connectivity index (χ0) is 9.84. The number of aromatic hydroxyl groups is 1. The quantitative estimate of drug-likeness (QED) is 0.715. The molecule has 0 saturated carbocycles. The highest BCUT2D eigenvalue weighted by molar-refractivity contribution is 5.64. The standard InChI is InChI=1S/C10H8FNO/c1-2-3-7-8(6-12)9(11)4-5-10(7)13/h2-5,13H,1H3/b3-2-. The van der Waals surface area contributed by atoms with Gasteiger partial charge in [0.1, 0.15) is 17.6 Å². The van der Waals surface area contributed by atoms with Crippen LogP contribution in [0.3, 0.4) is 0 Å². The van der Waals surface area contributed by atoms with E-state index in [4.69, 9.17) is 5.26 Å². The van der Waals surface area contributed by atoms with Crippen molar-refractivity contribution in [3.63, 3.8) is 0 Å². The second kappa shape index (κ2) is 3.72. The van der Waals surface area contributed by atoms with E-state index in [1.165, 1.54) is 12.1 Å². The Labute approximate surface area is 75.6 Å². The summed E-state index contributed by atoms with van der Waals surface area (Å²) in [7, 11) is 0. The predicted molar refractivity (Wildman–Crippen MR) is 47.5 cm³/mol. The maximum absolute atomic E-state index is 13.0. The summed E-state index contributed by atoms with van der Waals surface area (Å²) < 4.78 is 13.0. The van der Waals surface area contributed by atoms with E-state index in [-0.39, 0.29) is 16.9 Å². The fraction of sp³-hybridized carbons (Fsp3) is 0.100. The minimum atomic E-state index is -0.617. The third-order valence-electron chi connectivity index (χ3n) is 1.62. The average molecular weight is 177 g/mol. The van der Waals surface area contributed by atoms with Gasteiger partial charge in [-0.25, -0.2) is 4.39 Å². The van der Waals surface area contributed by atoms with Crippen LogP contribution in [0.25, 0.3) is 6.08 Å². The molecule has 13 heavy (non-hydrogen) atoms. The molecular formula is C10H8FNO. The Balaban J connectivity index is 3.45. The first kappa shape index (κ1) is 9.27. The molecule has 66 valence electrons. The summed E-state index contributed by atoms with van der Waals surface area (Å²) in [6.45, 7) is 1.73. The largest absolute Gasteiger partial charge is 0.507 e. The Hall–Kier alpha value is -1.82. The normalized spacial score (nSPS) is 10.2. The molecule has 2 nitrogen and oxygen atoms in total. The molecule has 0 unspecified atom stereocenters. The van der Waals surface area contributed by atoms with Gasteiger partial charge in [0.2, 0.25) is 0 Å². The zero-order valence-corrected chi connectivity index (χ0v) is 7.08. The number of allylic oxidation sites excluding steroid dienone is 1. The maximum Gasteiger partial charge on any atom is 0.141 e. The Morgan fingerprint density at radius 3 is 2.77 bits per heavy atom. The van der Waals surface area contributed by atoms with E-state index in [0.717, 1.165) is 6.07 Å². The van der Waals surface area contributed by atoms with Crippen molar-refractivity contribution in [3.8, 4) is 11.8 Å². The van der Waals surface area contributed by atoms with E-state index in [2.05, 4.69) is 0 Å². The second-order valence-electron chi connectivity index (χ2n) is 2.47. The smallest absolute Gasteiger partial charge is 0.141 e. The van der Waals surface area contributed by atoms with Crippen LogP contribution < -0.4 is 0 Å². The summed E-state index contributed by atoms with van der Waals surface area (Å²) in [6.07, 6.45) is 3.13. The van der Waals surface area contributed by atoms with Gasteiger partial charge >= 0.3 is 0 Å². The molecule has 0 spiro atoms. The number of rotatable bonds is 1. The van der Waals surface area contributed by atoms with Gasteiger partial charge < -0.3 is 5.11 Å². The van der Waals surface area contributed by atoms with Gasteiger partial charge in [0, 0.05) is 5.56 Å².